The molecule has 1 aliphatic heterocycles. The van der Waals surface area contributed by atoms with Gasteiger partial charge in [0.25, 0.3) is 0 Å². The first-order valence-electron chi connectivity index (χ1n) is 6.71. The van der Waals surface area contributed by atoms with Crippen molar-refractivity contribution in [2.75, 3.05) is 19.7 Å². The van der Waals surface area contributed by atoms with Gasteiger partial charge in [-0.2, -0.15) is 0 Å². The van der Waals surface area contributed by atoms with Gasteiger partial charge in [0.15, 0.2) is 0 Å². The van der Waals surface area contributed by atoms with Crippen molar-refractivity contribution < 1.29 is 14.6 Å². The highest BCUT2D eigenvalue weighted by Crippen LogP contribution is 2.18. The first-order chi connectivity index (χ1) is 8.13. The van der Waals surface area contributed by atoms with Crippen LogP contribution in [-0.2, 0) is 9.53 Å². The predicted molar refractivity (Wildman–Crippen MR) is 67.2 cm³/mol. The minimum atomic E-state index is -0.701. The fraction of sp³-hybridized carbons (Fsp3) is 0.923. The number of rotatable bonds is 7. The fourth-order valence-electron chi connectivity index (χ4n) is 2.30. The molecule has 0 spiro atoms. The van der Waals surface area contributed by atoms with E-state index < -0.39 is 5.97 Å². The van der Waals surface area contributed by atoms with Crippen LogP contribution in [0.5, 0.6) is 0 Å². The van der Waals surface area contributed by atoms with Gasteiger partial charge in [0.2, 0.25) is 0 Å². The van der Waals surface area contributed by atoms with E-state index in [9.17, 15) is 4.79 Å². The first kappa shape index (κ1) is 14.5. The molecule has 0 aromatic rings. The molecule has 0 amide bonds. The lowest BCUT2D eigenvalue weighted by molar-refractivity contribution is -0.137. The summed E-state index contributed by atoms with van der Waals surface area (Å²) in [5.41, 5.74) is 0. The molecule has 2 unspecified atom stereocenters. The Kier molecular flexibility index (Phi) is 6.52. The molecular formula is C13H25NO3. The number of nitrogens with zero attached hydrogens (tertiary/aromatic N) is 1. The third kappa shape index (κ3) is 5.50. The maximum absolute atomic E-state index is 10.5. The van der Waals surface area contributed by atoms with Gasteiger partial charge in [0.1, 0.15) is 0 Å². The number of carboxylic acid groups (broad SMARTS) is 1. The summed E-state index contributed by atoms with van der Waals surface area (Å²) < 4.78 is 5.78. The Balaban J connectivity index is 2.29. The van der Waals surface area contributed by atoms with Crippen molar-refractivity contribution in [3.8, 4) is 0 Å². The minimum Gasteiger partial charge on any atom is -0.481 e. The summed E-state index contributed by atoms with van der Waals surface area (Å²) >= 11 is 0. The summed E-state index contributed by atoms with van der Waals surface area (Å²) in [4.78, 5) is 12.9. The quantitative estimate of drug-likeness (QED) is 0.744. The van der Waals surface area contributed by atoms with Crippen LogP contribution in [0, 0.1) is 0 Å². The molecule has 1 heterocycles. The van der Waals surface area contributed by atoms with Crippen LogP contribution in [0.3, 0.4) is 0 Å². The van der Waals surface area contributed by atoms with E-state index in [1.54, 1.807) is 0 Å². The molecule has 2 atom stereocenters. The molecule has 1 N–H and O–H groups in total. The minimum absolute atomic E-state index is 0.262. The fourth-order valence-corrected chi connectivity index (χ4v) is 2.30. The van der Waals surface area contributed by atoms with E-state index in [4.69, 9.17) is 9.84 Å². The molecular weight excluding hydrogens is 218 g/mol. The zero-order chi connectivity index (χ0) is 12.7. The molecule has 0 aliphatic carbocycles. The average Bonchev–Trinajstić information content (AvgIpc) is 2.33. The van der Waals surface area contributed by atoms with Gasteiger partial charge in [0.05, 0.1) is 6.10 Å². The zero-order valence-corrected chi connectivity index (χ0v) is 11.0. The molecule has 1 saturated heterocycles. The van der Waals surface area contributed by atoms with Crippen molar-refractivity contribution in [3.05, 3.63) is 0 Å². The number of carboxylic acids is 1. The first-order valence-corrected chi connectivity index (χ1v) is 6.71. The van der Waals surface area contributed by atoms with Crippen molar-refractivity contribution in [3.63, 3.8) is 0 Å². The molecule has 100 valence electrons. The predicted octanol–water partition coefficient (Wildman–Crippen LogP) is 2.13. The maximum atomic E-state index is 10.5. The topological polar surface area (TPSA) is 49.8 Å². The van der Waals surface area contributed by atoms with E-state index in [0.29, 0.717) is 12.1 Å². The number of likely N-dealkylation sites (tertiary alicyclic amines) is 1. The van der Waals surface area contributed by atoms with Gasteiger partial charge in [-0.25, -0.2) is 0 Å². The summed E-state index contributed by atoms with van der Waals surface area (Å²) in [5, 5.41) is 8.69. The van der Waals surface area contributed by atoms with Crippen molar-refractivity contribution in [1.82, 2.24) is 4.90 Å². The summed E-state index contributed by atoms with van der Waals surface area (Å²) in [6.45, 7) is 7.11. The standard InChI is InChI=1S/C13H25NO3/c1-3-9-17-12-5-4-8-14(10-12)11(2)6-7-13(15)16/h11-12H,3-10H2,1-2H3,(H,15,16). The van der Waals surface area contributed by atoms with Crippen molar-refractivity contribution >= 4 is 5.97 Å². The van der Waals surface area contributed by atoms with E-state index in [0.717, 1.165) is 45.4 Å². The largest absolute Gasteiger partial charge is 0.481 e. The van der Waals surface area contributed by atoms with E-state index >= 15 is 0 Å². The van der Waals surface area contributed by atoms with Gasteiger partial charge < -0.3 is 9.84 Å². The number of hydrogen-bond donors (Lipinski definition) is 1. The molecule has 4 nitrogen and oxygen atoms in total. The second-order valence-electron chi connectivity index (χ2n) is 4.91. The van der Waals surface area contributed by atoms with E-state index in [1.165, 1.54) is 0 Å². The lowest BCUT2D eigenvalue weighted by Gasteiger charge is -2.36. The van der Waals surface area contributed by atoms with Gasteiger partial charge >= 0.3 is 5.97 Å². The molecule has 0 bridgehead atoms. The van der Waals surface area contributed by atoms with E-state index in [2.05, 4.69) is 18.7 Å². The van der Waals surface area contributed by atoms with Crippen LogP contribution in [0.1, 0.15) is 46.0 Å². The Hall–Kier alpha value is -0.610. The van der Waals surface area contributed by atoms with Gasteiger partial charge in [-0.05, 0) is 39.2 Å². The second kappa shape index (κ2) is 7.67. The Morgan fingerprint density at radius 2 is 2.35 bits per heavy atom. The second-order valence-corrected chi connectivity index (χ2v) is 4.91. The summed E-state index contributed by atoms with van der Waals surface area (Å²) in [6.07, 6.45) is 4.70. The van der Waals surface area contributed by atoms with E-state index in [1.807, 2.05) is 0 Å². The molecule has 1 fully saturated rings. The Labute approximate surface area is 104 Å². The van der Waals surface area contributed by atoms with E-state index in [-0.39, 0.29) is 6.42 Å². The highest BCUT2D eigenvalue weighted by Gasteiger charge is 2.23. The highest BCUT2D eigenvalue weighted by atomic mass is 16.5. The Bertz CT molecular complexity index is 233. The number of carbonyl (C=O) groups is 1. The Morgan fingerprint density at radius 3 is 3.00 bits per heavy atom. The summed E-state index contributed by atoms with van der Waals surface area (Å²) in [5.74, 6) is -0.701. The van der Waals surface area contributed by atoms with Gasteiger partial charge in [-0.15, -0.1) is 0 Å². The molecule has 4 heteroatoms. The third-order valence-corrected chi connectivity index (χ3v) is 3.37. The molecule has 0 radical (unpaired) electrons. The van der Waals surface area contributed by atoms with Gasteiger partial charge in [0, 0.05) is 25.6 Å². The molecule has 0 aromatic heterocycles. The number of ether oxygens (including phenoxy) is 1. The number of hydrogen-bond acceptors (Lipinski definition) is 3. The van der Waals surface area contributed by atoms with Crippen LogP contribution in [0.25, 0.3) is 0 Å². The highest BCUT2D eigenvalue weighted by molar-refractivity contribution is 5.66. The van der Waals surface area contributed by atoms with Crippen molar-refractivity contribution in [2.24, 2.45) is 0 Å². The normalized spacial score (nSPS) is 23.5. The number of aliphatic carboxylic acids is 1. The van der Waals surface area contributed by atoms with Crippen LogP contribution in [0.15, 0.2) is 0 Å². The molecule has 1 rings (SSSR count). The van der Waals surface area contributed by atoms with Crippen molar-refractivity contribution in [2.45, 2.75) is 58.1 Å². The summed E-state index contributed by atoms with van der Waals surface area (Å²) in [6, 6.07) is 0.346. The van der Waals surface area contributed by atoms with Crippen LogP contribution >= 0.6 is 0 Å². The maximum Gasteiger partial charge on any atom is 0.303 e. The summed E-state index contributed by atoms with van der Waals surface area (Å²) in [7, 11) is 0. The number of piperidine rings is 1. The van der Waals surface area contributed by atoms with Crippen LogP contribution in [-0.4, -0.2) is 47.8 Å². The SMILES string of the molecule is CCCOC1CCCN(C(C)CCC(=O)O)C1. The molecule has 1 aliphatic rings. The zero-order valence-electron chi connectivity index (χ0n) is 11.0. The monoisotopic (exact) mass is 243 g/mol. The Morgan fingerprint density at radius 1 is 1.59 bits per heavy atom. The van der Waals surface area contributed by atoms with Gasteiger partial charge in [-0.1, -0.05) is 6.92 Å². The third-order valence-electron chi connectivity index (χ3n) is 3.37. The molecule has 0 aromatic carbocycles. The van der Waals surface area contributed by atoms with Crippen LogP contribution < -0.4 is 0 Å². The average molecular weight is 243 g/mol. The molecule has 17 heavy (non-hydrogen) atoms. The lowest BCUT2D eigenvalue weighted by Crippen LogP contribution is -2.44. The smallest absolute Gasteiger partial charge is 0.303 e. The van der Waals surface area contributed by atoms with Gasteiger partial charge in [-0.3, -0.25) is 9.69 Å². The van der Waals surface area contributed by atoms with Crippen molar-refractivity contribution in [1.29, 1.82) is 0 Å². The lowest BCUT2D eigenvalue weighted by atomic mass is 10.0. The molecule has 0 saturated carbocycles. The van der Waals surface area contributed by atoms with Crippen LogP contribution in [0.2, 0.25) is 0 Å². The van der Waals surface area contributed by atoms with Crippen LogP contribution in [0.4, 0.5) is 0 Å².